The van der Waals surface area contributed by atoms with E-state index >= 15 is 0 Å². The lowest BCUT2D eigenvalue weighted by Crippen LogP contribution is -2.30. The average molecular weight is 219 g/mol. The molecule has 2 heterocycles. The molecule has 0 atom stereocenters. The molecule has 0 saturated carbocycles. The Morgan fingerprint density at radius 2 is 1.94 bits per heavy atom. The van der Waals surface area contributed by atoms with Gasteiger partial charge in [-0.2, -0.15) is 0 Å². The predicted octanol–water partition coefficient (Wildman–Crippen LogP) is 1.61. The third-order valence-corrected chi connectivity index (χ3v) is 3.24. The van der Waals surface area contributed by atoms with Gasteiger partial charge in [0.2, 0.25) is 0 Å². The summed E-state index contributed by atoms with van der Waals surface area (Å²) in [5.74, 6) is 0. The minimum Gasteiger partial charge on any atom is -0.302 e. The van der Waals surface area contributed by atoms with E-state index in [4.69, 9.17) is 0 Å². The second-order valence-corrected chi connectivity index (χ2v) is 4.39. The van der Waals surface area contributed by atoms with Crippen LogP contribution in [0.25, 0.3) is 0 Å². The van der Waals surface area contributed by atoms with Gasteiger partial charge in [0.05, 0.1) is 5.69 Å². The summed E-state index contributed by atoms with van der Waals surface area (Å²) in [6, 6.07) is 6.16. The molecule has 0 aromatic carbocycles. The smallest absolute Gasteiger partial charge is 0.0543 e. The summed E-state index contributed by atoms with van der Waals surface area (Å²) in [4.78, 5) is 9.43. The molecule has 1 saturated heterocycles. The summed E-state index contributed by atoms with van der Waals surface area (Å²) < 4.78 is 0. The zero-order valence-electron chi connectivity index (χ0n) is 10.1. The first-order valence-corrected chi connectivity index (χ1v) is 6.23. The highest BCUT2D eigenvalue weighted by atomic mass is 15.2. The summed E-state index contributed by atoms with van der Waals surface area (Å²) in [5.41, 5.74) is 1.19. The molecule has 1 fully saturated rings. The van der Waals surface area contributed by atoms with E-state index in [2.05, 4.69) is 33.8 Å². The van der Waals surface area contributed by atoms with Crippen LogP contribution >= 0.6 is 0 Å². The number of nitrogens with zero attached hydrogens (tertiary/aromatic N) is 3. The van der Waals surface area contributed by atoms with Crippen LogP contribution in [0.1, 0.15) is 19.0 Å². The fourth-order valence-electron chi connectivity index (χ4n) is 2.22. The Bertz CT molecular complexity index is 299. The van der Waals surface area contributed by atoms with E-state index in [0.717, 1.165) is 6.54 Å². The molecule has 2 rings (SSSR count). The van der Waals surface area contributed by atoms with E-state index in [1.807, 2.05) is 12.3 Å². The van der Waals surface area contributed by atoms with Crippen LogP contribution in [0, 0.1) is 0 Å². The molecule has 1 aromatic heterocycles. The lowest BCUT2D eigenvalue weighted by atomic mass is 10.3. The van der Waals surface area contributed by atoms with Crippen molar-refractivity contribution in [3.63, 3.8) is 0 Å². The molecular formula is C13H21N3. The van der Waals surface area contributed by atoms with Gasteiger partial charge in [0.25, 0.3) is 0 Å². The average Bonchev–Trinajstić information content (AvgIpc) is 2.56. The Balaban J connectivity index is 1.86. The summed E-state index contributed by atoms with van der Waals surface area (Å²) in [5, 5.41) is 0. The molecule has 16 heavy (non-hydrogen) atoms. The van der Waals surface area contributed by atoms with Gasteiger partial charge in [0.1, 0.15) is 0 Å². The first-order chi connectivity index (χ1) is 7.88. The monoisotopic (exact) mass is 219 g/mol. The van der Waals surface area contributed by atoms with E-state index in [0.29, 0.717) is 0 Å². The van der Waals surface area contributed by atoms with Gasteiger partial charge in [0.15, 0.2) is 0 Å². The van der Waals surface area contributed by atoms with Crippen molar-refractivity contribution in [2.24, 2.45) is 0 Å². The van der Waals surface area contributed by atoms with E-state index in [9.17, 15) is 0 Å². The largest absolute Gasteiger partial charge is 0.302 e. The normalized spacial score (nSPS) is 19.6. The van der Waals surface area contributed by atoms with Gasteiger partial charge in [-0.3, -0.25) is 9.88 Å². The van der Waals surface area contributed by atoms with Gasteiger partial charge < -0.3 is 4.90 Å². The predicted molar refractivity (Wildman–Crippen MR) is 66.2 cm³/mol. The highest BCUT2D eigenvalue weighted by molar-refractivity contribution is 5.03. The molecule has 1 aliphatic heterocycles. The van der Waals surface area contributed by atoms with E-state index in [-0.39, 0.29) is 0 Å². The number of hydrogen-bond donors (Lipinski definition) is 0. The Labute approximate surface area is 98.1 Å². The maximum absolute atomic E-state index is 4.39. The fourth-order valence-corrected chi connectivity index (χ4v) is 2.22. The molecule has 0 unspecified atom stereocenters. The Morgan fingerprint density at radius 1 is 1.12 bits per heavy atom. The van der Waals surface area contributed by atoms with Gasteiger partial charge in [-0.05, 0) is 38.2 Å². The number of rotatable bonds is 3. The summed E-state index contributed by atoms with van der Waals surface area (Å²) in [6.07, 6.45) is 3.16. The maximum atomic E-state index is 4.39. The topological polar surface area (TPSA) is 19.4 Å². The molecule has 0 bridgehead atoms. The van der Waals surface area contributed by atoms with Crippen molar-refractivity contribution in [1.82, 2.24) is 14.8 Å². The molecule has 0 radical (unpaired) electrons. The molecule has 88 valence electrons. The number of hydrogen-bond acceptors (Lipinski definition) is 3. The standard InChI is InChI=1S/C13H21N3/c1-2-15-8-5-9-16(11-10-15)12-13-6-3-4-7-14-13/h3-4,6-7H,2,5,8-12H2,1H3. The van der Waals surface area contributed by atoms with Gasteiger partial charge in [0, 0.05) is 25.8 Å². The zero-order chi connectivity index (χ0) is 11.2. The van der Waals surface area contributed by atoms with Crippen LogP contribution in [0.2, 0.25) is 0 Å². The van der Waals surface area contributed by atoms with Crippen molar-refractivity contribution < 1.29 is 0 Å². The Kier molecular flexibility index (Phi) is 4.31. The molecule has 3 nitrogen and oxygen atoms in total. The number of pyridine rings is 1. The highest BCUT2D eigenvalue weighted by Crippen LogP contribution is 2.06. The zero-order valence-corrected chi connectivity index (χ0v) is 10.1. The van der Waals surface area contributed by atoms with Crippen LogP contribution in [0.3, 0.4) is 0 Å². The van der Waals surface area contributed by atoms with E-state index in [1.165, 1.54) is 44.8 Å². The molecule has 0 N–H and O–H groups in total. The van der Waals surface area contributed by atoms with Gasteiger partial charge >= 0.3 is 0 Å². The lowest BCUT2D eigenvalue weighted by molar-refractivity contribution is 0.255. The quantitative estimate of drug-likeness (QED) is 0.770. The van der Waals surface area contributed by atoms with Crippen molar-refractivity contribution in [3.05, 3.63) is 30.1 Å². The van der Waals surface area contributed by atoms with Crippen molar-refractivity contribution >= 4 is 0 Å². The van der Waals surface area contributed by atoms with Crippen molar-refractivity contribution in [1.29, 1.82) is 0 Å². The van der Waals surface area contributed by atoms with Crippen LogP contribution in [0.4, 0.5) is 0 Å². The van der Waals surface area contributed by atoms with Crippen LogP contribution < -0.4 is 0 Å². The van der Waals surface area contributed by atoms with Crippen molar-refractivity contribution in [3.8, 4) is 0 Å². The minimum absolute atomic E-state index is 0.998. The second-order valence-electron chi connectivity index (χ2n) is 4.39. The molecule has 0 spiro atoms. The van der Waals surface area contributed by atoms with Gasteiger partial charge in [-0.15, -0.1) is 0 Å². The van der Waals surface area contributed by atoms with Gasteiger partial charge in [-0.1, -0.05) is 13.0 Å². The van der Waals surface area contributed by atoms with Crippen LogP contribution in [-0.2, 0) is 6.54 Å². The van der Waals surface area contributed by atoms with Crippen LogP contribution in [-0.4, -0.2) is 47.5 Å². The summed E-state index contributed by atoms with van der Waals surface area (Å²) >= 11 is 0. The molecular weight excluding hydrogens is 198 g/mol. The Hall–Kier alpha value is -0.930. The van der Waals surface area contributed by atoms with E-state index < -0.39 is 0 Å². The number of likely N-dealkylation sites (N-methyl/N-ethyl adjacent to an activating group) is 1. The van der Waals surface area contributed by atoms with Crippen LogP contribution in [0.15, 0.2) is 24.4 Å². The number of aromatic nitrogens is 1. The summed E-state index contributed by atoms with van der Waals surface area (Å²) in [7, 11) is 0. The van der Waals surface area contributed by atoms with Crippen molar-refractivity contribution in [2.75, 3.05) is 32.7 Å². The lowest BCUT2D eigenvalue weighted by Gasteiger charge is -2.20. The van der Waals surface area contributed by atoms with Crippen LogP contribution in [0.5, 0.6) is 0 Å². The minimum atomic E-state index is 0.998. The molecule has 0 aliphatic carbocycles. The molecule has 3 heteroatoms. The first-order valence-electron chi connectivity index (χ1n) is 6.23. The molecule has 1 aromatic rings. The van der Waals surface area contributed by atoms with Crippen molar-refractivity contribution in [2.45, 2.75) is 19.9 Å². The first kappa shape index (κ1) is 11.6. The highest BCUT2D eigenvalue weighted by Gasteiger charge is 2.13. The third kappa shape index (κ3) is 3.29. The molecule has 1 aliphatic rings. The fraction of sp³-hybridized carbons (Fsp3) is 0.615. The van der Waals surface area contributed by atoms with E-state index in [1.54, 1.807) is 0 Å². The summed E-state index contributed by atoms with van der Waals surface area (Å²) in [6.45, 7) is 9.24. The molecule has 0 amide bonds. The second kappa shape index (κ2) is 5.97. The van der Waals surface area contributed by atoms with Gasteiger partial charge in [-0.25, -0.2) is 0 Å². The Morgan fingerprint density at radius 3 is 2.69 bits per heavy atom. The third-order valence-electron chi connectivity index (χ3n) is 3.24. The SMILES string of the molecule is CCN1CCCN(Cc2ccccn2)CC1. The maximum Gasteiger partial charge on any atom is 0.0543 e.